The number of ether oxygens (including phenoxy) is 1. The smallest absolute Gasteiger partial charge is 0.410 e. The minimum atomic E-state index is -0.511. The summed E-state index contributed by atoms with van der Waals surface area (Å²) in [5, 5.41) is 0. The first kappa shape index (κ1) is 18.2. The predicted molar refractivity (Wildman–Crippen MR) is 89.3 cm³/mol. The fourth-order valence-corrected chi connectivity index (χ4v) is 2.72. The first-order valence-corrected chi connectivity index (χ1v) is 8.18. The predicted octanol–water partition coefficient (Wildman–Crippen LogP) is 3.30. The maximum atomic E-state index is 13.0. The lowest BCUT2D eigenvalue weighted by molar-refractivity contribution is 0.0160. The zero-order chi connectivity index (χ0) is 17.9. The van der Waals surface area contributed by atoms with E-state index in [2.05, 4.69) is 0 Å². The fourth-order valence-electron chi connectivity index (χ4n) is 2.72. The number of piperidine rings is 1. The van der Waals surface area contributed by atoms with E-state index >= 15 is 0 Å². The minimum absolute atomic E-state index is 0.0567. The van der Waals surface area contributed by atoms with Crippen LogP contribution in [0.4, 0.5) is 9.18 Å². The molecule has 0 atom stereocenters. The van der Waals surface area contributed by atoms with Crippen LogP contribution < -0.4 is 0 Å². The average Bonchev–Trinajstić information content (AvgIpc) is 2.53. The number of halogens is 1. The molecule has 1 heterocycles. The van der Waals surface area contributed by atoms with Gasteiger partial charge in [0.05, 0.1) is 0 Å². The van der Waals surface area contributed by atoms with Crippen LogP contribution in [-0.2, 0) is 4.74 Å². The molecule has 6 heteroatoms. The number of rotatable bonds is 2. The second kappa shape index (κ2) is 7.20. The van der Waals surface area contributed by atoms with Crippen molar-refractivity contribution in [2.75, 3.05) is 20.1 Å². The molecule has 1 aromatic rings. The second-order valence-corrected chi connectivity index (χ2v) is 7.12. The number of carbonyl (C=O) groups excluding carboxylic acids is 2. The number of hydrogen-bond donors (Lipinski definition) is 0. The van der Waals surface area contributed by atoms with E-state index in [1.54, 1.807) is 16.8 Å². The molecule has 1 fully saturated rings. The number of amides is 2. The molecule has 132 valence electrons. The van der Waals surface area contributed by atoms with Gasteiger partial charge in [0, 0.05) is 31.7 Å². The molecule has 2 rings (SSSR count). The Morgan fingerprint density at radius 3 is 2.21 bits per heavy atom. The van der Waals surface area contributed by atoms with Crippen molar-refractivity contribution in [3.05, 3.63) is 35.6 Å². The molecule has 1 aliphatic rings. The van der Waals surface area contributed by atoms with Crippen molar-refractivity contribution in [3.8, 4) is 0 Å². The number of likely N-dealkylation sites (tertiary alicyclic amines) is 1. The van der Waals surface area contributed by atoms with Crippen molar-refractivity contribution >= 4 is 12.0 Å². The molecule has 0 saturated carbocycles. The van der Waals surface area contributed by atoms with Crippen LogP contribution in [0.3, 0.4) is 0 Å². The Hall–Kier alpha value is -2.11. The van der Waals surface area contributed by atoms with Crippen molar-refractivity contribution in [2.45, 2.75) is 45.3 Å². The summed E-state index contributed by atoms with van der Waals surface area (Å²) in [6, 6.07) is 5.60. The molecule has 1 saturated heterocycles. The Kier molecular flexibility index (Phi) is 5.47. The molecule has 0 bridgehead atoms. The molecule has 0 unspecified atom stereocenters. The highest BCUT2D eigenvalue weighted by molar-refractivity contribution is 5.94. The van der Waals surface area contributed by atoms with Crippen LogP contribution in [-0.4, -0.2) is 53.6 Å². The van der Waals surface area contributed by atoms with Crippen molar-refractivity contribution in [2.24, 2.45) is 0 Å². The third-order valence-electron chi connectivity index (χ3n) is 4.08. The lowest BCUT2D eigenvalue weighted by Gasteiger charge is -2.37. The molecule has 5 nitrogen and oxygen atoms in total. The van der Waals surface area contributed by atoms with Gasteiger partial charge in [0.25, 0.3) is 5.91 Å². The van der Waals surface area contributed by atoms with E-state index in [1.807, 2.05) is 20.8 Å². The van der Waals surface area contributed by atoms with E-state index in [0.29, 0.717) is 31.5 Å². The molecule has 0 radical (unpaired) electrons. The van der Waals surface area contributed by atoms with E-state index in [9.17, 15) is 14.0 Å². The van der Waals surface area contributed by atoms with Crippen LogP contribution in [0.5, 0.6) is 0 Å². The zero-order valence-electron chi connectivity index (χ0n) is 14.7. The number of hydrogen-bond acceptors (Lipinski definition) is 3. The molecule has 1 aliphatic heterocycles. The summed E-state index contributed by atoms with van der Waals surface area (Å²) < 4.78 is 18.3. The molecule has 0 aromatic heterocycles. The van der Waals surface area contributed by atoms with Gasteiger partial charge < -0.3 is 14.5 Å². The summed E-state index contributed by atoms with van der Waals surface area (Å²) in [6.45, 7) is 6.63. The van der Waals surface area contributed by atoms with Crippen LogP contribution in [0.15, 0.2) is 24.3 Å². The Morgan fingerprint density at radius 1 is 1.17 bits per heavy atom. The van der Waals surface area contributed by atoms with E-state index < -0.39 is 5.60 Å². The first-order chi connectivity index (χ1) is 11.2. The van der Waals surface area contributed by atoms with E-state index in [0.717, 1.165) is 0 Å². The molecule has 24 heavy (non-hydrogen) atoms. The molecular formula is C18H25FN2O3. The van der Waals surface area contributed by atoms with Gasteiger partial charge in [0.15, 0.2) is 0 Å². The van der Waals surface area contributed by atoms with Crippen LogP contribution in [0.2, 0.25) is 0 Å². The molecule has 1 aromatic carbocycles. The van der Waals surface area contributed by atoms with Gasteiger partial charge in [-0.15, -0.1) is 0 Å². The van der Waals surface area contributed by atoms with Gasteiger partial charge in [0.2, 0.25) is 0 Å². The first-order valence-electron chi connectivity index (χ1n) is 8.18. The third-order valence-corrected chi connectivity index (χ3v) is 4.08. The number of nitrogens with zero attached hydrogens (tertiary/aromatic N) is 2. The Morgan fingerprint density at radius 2 is 1.71 bits per heavy atom. The van der Waals surface area contributed by atoms with Gasteiger partial charge >= 0.3 is 6.09 Å². The van der Waals surface area contributed by atoms with Crippen LogP contribution >= 0.6 is 0 Å². The molecule has 2 amide bonds. The monoisotopic (exact) mass is 336 g/mol. The average molecular weight is 336 g/mol. The summed E-state index contributed by atoms with van der Waals surface area (Å²) in [5.74, 6) is -0.495. The highest BCUT2D eigenvalue weighted by atomic mass is 19.1. The largest absolute Gasteiger partial charge is 0.444 e. The molecule has 0 aliphatic carbocycles. The Bertz CT molecular complexity index is 587. The number of carbonyl (C=O) groups is 2. The minimum Gasteiger partial charge on any atom is -0.444 e. The highest BCUT2D eigenvalue weighted by Gasteiger charge is 2.30. The van der Waals surface area contributed by atoms with Gasteiger partial charge in [-0.2, -0.15) is 0 Å². The van der Waals surface area contributed by atoms with Crippen molar-refractivity contribution in [1.82, 2.24) is 9.80 Å². The lowest BCUT2D eigenvalue weighted by Crippen LogP contribution is -2.48. The van der Waals surface area contributed by atoms with Crippen molar-refractivity contribution in [1.29, 1.82) is 0 Å². The van der Waals surface area contributed by atoms with Gasteiger partial charge in [-0.05, 0) is 57.9 Å². The lowest BCUT2D eigenvalue weighted by atomic mass is 10.0. The maximum Gasteiger partial charge on any atom is 0.410 e. The Labute approximate surface area is 142 Å². The maximum absolute atomic E-state index is 13.0. The van der Waals surface area contributed by atoms with Gasteiger partial charge in [-0.3, -0.25) is 4.79 Å². The highest BCUT2D eigenvalue weighted by Crippen LogP contribution is 2.20. The SMILES string of the molecule is CN(C(=O)c1ccc(F)cc1)C1CCN(C(=O)OC(C)(C)C)CC1. The summed E-state index contributed by atoms with van der Waals surface area (Å²) in [7, 11) is 1.75. The van der Waals surface area contributed by atoms with Crippen molar-refractivity contribution in [3.63, 3.8) is 0 Å². The molecular weight excluding hydrogens is 311 g/mol. The van der Waals surface area contributed by atoms with Crippen LogP contribution in [0.1, 0.15) is 44.0 Å². The molecule has 0 spiro atoms. The van der Waals surface area contributed by atoms with Gasteiger partial charge in [0.1, 0.15) is 11.4 Å². The summed E-state index contributed by atoms with van der Waals surface area (Å²) in [4.78, 5) is 27.9. The van der Waals surface area contributed by atoms with Crippen molar-refractivity contribution < 1.29 is 18.7 Å². The zero-order valence-corrected chi connectivity index (χ0v) is 14.7. The fraction of sp³-hybridized carbons (Fsp3) is 0.556. The quantitative estimate of drug-likeness (QED) is 0.833. The van der Waals surface area contributed by atoms with E-state index in [1.165, 1.54) is 24.3 Å². The molecule has 0 N–H and O–H groups in total. The van der Waals surface area contributed by atoms with E-state index in [-0.39, 0.29) is 23.9 Å². The Balaban J connectivity index is 1.90. The normalized spacial score (nSPS) is 16.0. The summed E-state index contributed by atoms with van der Waals surface area (Å²) in [5.41, 5.74) is -0.0445. The second-order valence-electron chi connectivity index (χ2n) is 7.12. The van der Waals surface area contributed by atoms with Gasteiger partial charge in [-0.25, -0.2) is 9.18 Å². The van der Waals surface area contributed by atoms with Crippen LogP contribution in [0, 0.1) is 5.82 Å². The van der Waals surface area contributed by atoms with Crippen LogP contribution in [0.25, 0.3) is 0 Å². The van der Waals surface area contributed by atoms with Gasteiger partial charge in [-0.1, -0.05) is 0 Å². The summed E-state index contributed by atoms with van der Waals surface area (Å²) in [6.07, 6.45) is 1.08. The summed E-state index contributed by atoms with van der Waals surface area (Å²) >= 11 is 0. The number of benzene rings is 1. The van der Waals surface area contributed by atoms with E-state index in [4.69, 9.17) is 4.74 Å². The topological polar surface area (TPSA) is 49.9 Å². The third kappa shape index (κ3) is 4.69. The standard InChI is InChI=1S/C18H25FN2O3/c1-18(2,3)24-17(23)21-11-9-15(10-12-21)20(4)16(22)13-5-7-14(19)8-6-13/h5-8,15H,9-12H2,1-4H3.